The Morgan fingerprint density at radius 1 is 0.878 bits per heavy atom. The number of rotatable bonds is 15. The van der Waals surface area contributed by atoms with Gasteiger partial charge in [-0.25, -0.2) is 4.98 Å². The van der Waals surface area contributed by atoms with Gasteiger partial charge < -0.3 is 30.4 Å². The third kappa shape index (κ3) is 13.2. The second-order valence-electron chi connectivity index (χ2n) is 11.5. The van der Waals surface area contributed by atoms with Crippen LogP contribution in [0.5, 0.6) is 0 Å². The topological polar surface area (TPSA) is 176 Å². The molecule has 4 N–H and O–H groups in total. The molecule has 14 nitrogen and oxygen atoms in total. The van der Waals surface area contributed by atoms with Gasteiger partial charge in [-0.15, -0.1) is 0 Å². The highest BCUT2D eigenvalue weighted by Crippen LogP contribution is 2.31. The first-order valence-corrected chi connectivity index (χ1v) is 15.8. The van der Waals surface area contributed by atoms with Crippen molar-refractivity contribution in [3.05, 3.63) is 53.7 Å². The molecule has 3 rings (SSSR count). The monoisotopic (exact) mass is 693 g/mol. The van der Waals surface area contributed by atoms with Gasteiger partial charge in [-0.1, -0.05) is 6.07 Å². The van der Waals surface area contributed by atoms with Crippen molar-refractivity contribution >= 4 is 41.9 Å². The number of carboxylic acid groups (broad SMARTS) is 2. The number of halogens is 3. The van der Waals surface area contributed by atoms with Crippen LogP contribution in [0.2, 0.25) is 0 Å². The third-order valence-electron chi connectivity index (χ3n) is 8.07. The smallest absolute Gasteiger partial charge is 0.416 e. The highest BCUT2D eigenvalue weighted by molar-refractivity contribution is 5.99. The number of carbonyl (C=O) groups is 5. The fourth-order valence-electron chi connectivity index (χ4n) is 5.44. The number of nitrogens with zero attached hydrogens (tertiary/aromatic N) is 5. The van der Waals surface area contributed by atoms with Crippen LogP contribution in [0.3, 0.4) is 0 Å². The van der Waals surface area contributed by atoms with E-state index in [0.29, 0.717) is 32.7 Å². The molecule has 0 bridgehead atoms. The number of amides is 1. The van der Waals surface area contributed by atoms with Crippen LogP contribution in [0.1, 0.15) is 28.8 Å². The van der Waals surface area contributed by atoms with Gasteiger partial charge in [0.15, 0.2) is 0 Å². The molecule has 2 heterocycles. The van der Waals surface area contributed by atoms with Gasteiger partial charge in [0.2, 0.25) is 0 Å². The van der Waals surface area contributed by atoms with Gasteiger partial charge in [0, 0.05) is 70.8 Å². The summed E-state index contributed by atoms with van der Waals surface area (Å²) in [6.45, 7) is 2.86. The lowest BCUT2D eigenvalue weighted by Crippen LogP contribution is -2.51. The zero-order chi connectivity index (χ0) is 35.8. The van der Waals surface area contributed by atoms with E-state index < -0.39 is 35.6 Å². The van der Waals surface area contributed by atoms with Gasteiger partial charge in [-0.3, -0.25) is 34.0 Å². The number of anilines is 2. The molecule has 1 saturated heterocycles. The van der Waals surface area contributed by atoms with Crippen LogP contribution in [0.15, 0.2) is 42.6 Å². The van der Waals surface area contributed by atoms with E-state index in [0.717, 1.165) is 24.7 Å². The molecular formula is C32H42F3N7O7. The van der Waals surface area contributed by atoms with E-state index in [1.54, 1.807) is 9.80 Å². The zero-order valence-electron chi connectivity index (χ0n) is 27.0. The number of hydrogen-bond donors (Lipinski definition) is 4. The predicted molar refractivity (Wildman–Crippen MR) is 173 cm³/mol. The van der Waals surface area contributed by atoms with Crippen molar-refractivity contribution in [3.8, 4) is 0 Å². The molecular weight excluding hydrogens is 651 g/mol. The molecule has 268 valence electrons. The SMILES string of the molecule is O=CCN1CCN(CC=O)CCN(C(CCCNC(=O)c2cccnc2Nc2cccc(C(F)(F)F)c2)C(=O)O)CCN(CC(=O)O)CC1. The summed E-state index contributed by atoms with van der Waals surface area (Å²) in [6.07, 6.45) is -1.24. The van der Waals surface area contributed by atoms with Crippen LogP contribution in [-0.2, 0) is 25.4 Å². The first-order chi connectivity index (χ1) is 23.4. The van der Waals surface area contributed by atoms with Crippen molar-refractivity contribution in [1.29, 1.82) is 0 Å². The van der Waals surface area contributed by atoms with Crippen LogP contribution < -0.4 is 10.6 Å². The second kappa shape index (κ2) is 19.5. The lowest BCUT2D eigenvalue weighted by molar-refractivity contribution is -0.144. The number of carboxylic acids is 2. The van der Waals surface area contributed by atoms with E-state index in [2.05, 4.69) is 15.6 Å². The molecule has 1 amide bonds. The fraction of sp³-hybridized carbons (Fsp3) is 0.500. The molecule has 1 unspecified atom stereocenters. The summed E-state index contributed by atoms with van der Waals surface area (Å²) in [4.78, 5) is 70.9. The van der Waals surface area contributed by atoms with Crippen molar-refractivity contribution in [3.63, 3.8) is 0 Å². The summed E-state index contributed by atoms with van der Waals surface area (Å²) in [5.41, 5.74) is -0.694. The van der Waals surface area contributed by atoms with E-state index in [-0.39, 0.29) is 75.7 Å². The minimum Gasteiger partial charge on any atom is -0.480 e. The van der Waals surface area contributed by atoms with Gasteiger partial charge in [0.05, 0.1) is 30.8 Å². The molecule has 1 atom stereocenters. The summed E-state index contributed by atoms with van der Waals surface area (Å²) in [5, 5.41) is 25.1. The predicted octanol–water partition coefficient (Wildman–Crippen LogP) is 1.51. The fourth-order valence-corrected chi connectivity index (χ4v) is 5.44. The molecule has 49 heavy (non-hydrogen) atoms. The summed E-state index contributed by atoms with van der Waals surface area (Å²) in [7, 11) is 0. The van der Waals surface area contributed by atoms with Gasteiger partial charge in [-0.05, 0) is 43.2 Å². The molecule has 1 aliphatic rings. The first-order valence-electron chi connectivity index (χ1n) is 15.8. The number of pyridine rings is 1. The van der Waals surface area contributed by atoms with E-state index in [9.17, 15) is 47.4 Å². The van der Waals surface area contributed by atoms with Gasteiger partial charge in [0.1, 0.15) is 24.4 Å². The quantitative estimate of drug-likeness (QED) is 0.156. The van der Waals surface area contributed by atoms with Gasteiger partial charge in [-0.2, -0.15) is 13.2 Å². The lowest BCUT2D eigenvalue weighted by atomic mass is 10.1. The van der Waals surface area contributed by atoms with E-state index in [1.165, 1.54) is 30.5 Å². The van der Waals surface area contributed by atoms with Crippen LogP contribution in [0.4, 0.5) is 24.7 Å². The van der Waals surface area contributed by atoms with E-state index in [4.69, 9.17) is 0 Å². The normalized spacial score (nSPS) is 16.9. The Morgan fingerprint density at radius 3 is 2.08 bits per heavy atom. The van der Waals surface area contributed by atoms with Crippen molar-refractivity contribution in [2.24, 2.45) is 0 Å². The molecule has 0 radical (unpaired) electrons. The average Bonchev–Trinajstić information content (AvgIpc) is 3.04. The highest BCUT2D eigenvalue weighted by atomic mass is 19.4. The highest BCUT2D eigenvalue weighted by Gasteiger charge is 2.31. The van der Waals surface area contributed by atoms with Crippen LogP contribution in [0.25, 0.3) is 0 Å². The molecule has 0 saturated carbocycles. The van der Waals surface area contributed by atoms with Crippen molar-refractivity contribution in [2.45, 2.75) is 25.1 Å². The summed E-state index contributed by atoms with van der Waals surface area (Å²) in [6, 6.07) is 6.47. The van der Waals surface area contributed by atoms with Crippen molar-refractivity contribution in [1.82, 2.24) is 29.9 Å². The van der Waals surface area contributed by atoms with Crippen LogP contribution in [0, 0.1) is 0 Å². The zero-order valence-corrected chi connectivity index (χ0v) is 27.0. The molecule has 2 aromatic rings. The van der Waals surface area contributed by atoms with Crippen molar-refractivity contribution in [2.75, 3.05) is 83.9 Å². The largest absolute Gasteiger partial charge is 0.480 e. The number of alkyl halides is 3. The number of carbonyl (C=O) groups excluding carboxylic acids is 3. The third-order valence-corrected chi connectivity index (χ3v) is 8.07. The molecule has 1 aromatic heterocycles. The van der Waals surface area contributed by atoms with Crippen LogP contribution >= 0.6 is 0 Å². The van der Waals surface area contributed by atoms with Gasteiger partial charge >= 0.3 is 18.1 Å². The molecule has 0 spiro atoms. The number of hydrogen-bond acceptors (Lipinski definition) is 11. The molecule has 0 aliphatic carbocycles. The first kappa shape index (κ1) is 39.0. The number of benzene rings is 1. The summed E-state index contributed by atoms with van der Waals surface area (Å²) >= 11 is 0. The van der Waals surface area contributed by atoms with Crippen LogP contribution in [-0.4, -0.2) is 150 Å². The van der Waals surface area contributed by atoms with Gasteiger partial charge in [0.25, 0.3) is 5.91 Å². The Hall–Kier alpha value is -4.45. The lowest BCUT2D eigenvalue weighted by Gasteiger charge is -2.35. The van der Waals surface area contributed by atoms with E-state index >= 15 is 0 Å². The molecule has 1 fully saturated rings. The number of aldehydes is 2. The summed E-state index contributed by atoms with van der Waals surface area (Å²) in [5.74, 6) is -2.65. The minimum absolute atomic E-state index is 0.0437. The molecule has 1 aliphatic heterocycles. The maximum atomic E-state index is 13.2. The average molecular weight is 694 g/mol. The minimum atomic E-state index is -4.55. The Morgan fingerprint density at radius 2 is 1.49 bits per heavy atom. The van der Waals surface area contributed by atoms with Crippen molar-refractivity contribution < 1.29 is 47.4 Å². The molecule has 1 aromatic carbocycles. The Balaban J connectivity index is 1.67. The maximum absolute atomic E-state index is 13.2. The number of aliphatic carboxylic acids is 2. The Bertz CT molecular complexity index is 1420. The standard InChI is InChI=1S/C32H42F3N7O7/c33-32(34,35)24-4-1-5-25(22-24)38-29-26(6-2-8-36-29)30(47)37-9-3-7-27(31(48)49)42-16-14-40(19-21-44)11-10-39(18-20-43)12-13-41(15-17-42)23-28(45)46/h1-2,4-6,8,20-22,27H,3,7,9-19,23H2,(H,36,38)(H,37,47)(H,45,46)(H,48,49). The Labute approximate surface area is 281 Å². The number of aromatic nitrogens is 1. The number of nitrogens with one attached hydrogen (secondary N) is 2. The van der Waals surface area contributed by atoms with E-state index in [1.807, 2.05) is 9.80 Å². The second-order valence-corrected chi connectivity index (χ2v) is 11.5. The molecule has 17 heteroatoms. The summed E-state index contributed by atoms with van der Waals surface area (Å²) < 4.78 is 39.5. The Kier molecular flexibility index (Phi) is 15.5. The maximum Gasteiger partial charge on any atom is 0.416 e.